The maximum Gasteiger partial charge on any atom is 0.330 e. The standard InChI is InChI=1S/C30H47N3O6/c1-19(2)9-7-11-21(5)13-14-23(22(6)12-8-10-20(3)4)15-30(27(36)26(35)25(18-34)39-30)33-17-24(16-31)28(37)32-29(33)38/h9-10,13,17,25-27,34-36H,7-8,11-12,14-16,18,31H2,1-6H3,(H,32,37,38)/b21-13+,23-22+/t25-,26-,27-,30-/m1/s1. The van der Waals surface area contributed by atoms with Crippen LogP contribution in [-0.2, 0) is 17.0 Å². The normalized spacial score (nSPS) is 23.9. The van der Waals surface area contributed by atoms with Crippen molar-refractivity contribution in [2.24, 2.45) is 5.73 Å². The summed E-state index contributed by atoms with van der Waals surface area (Å²) in [6.45, 7) is 11.7. The number of hydrogen-bond acceptors (Lipinski definition) is 7. The third kappa shape index (κ3) is 8.46. The molecular formula is C30H47N3O6. The SMILES string of the molecule is CC(C)=CCC/C(C)=C/C/C(C[C@@]1(n2cc(CN)c(=O)[nH]c2=O)O[C@H](CO)[C@@H](O)[C@H]1O)=C(/C)CCC=C(C)C. The van der Waals surface area contributed by atoms with E-state index < -0.39 is 41.9 Å². The van der Waals surface area contributed by atoms with Gasteiger partial charge in [0.15, 0.2) is 5.72 Å². The van der Waals surface area contributed by atoms with E-state index >= 15 is 0 Å². The van der Waals surface area contributed by atoms with E-state index in [0.29, 0.717) is 6.42 Å². The van der Waals surface area contributed by atoms with Gasteiger partial charge in [0.25, 0.3) is 5.56 Å². The van der Waals surface area contributed by atoms with Crippen molar-refractivity contribution >= 4 is 0 Å². The van der Waals surface area contributed by atoms with Gasteiger partial charge in [-0.1, -0.05) is 46.1 Å². The van der Waals surface area contributed by atoms with Crippen molar-refractivity contribution in [1.29, 1.82) is 0 Å². The highest BCUT2D eigenvalue weighted by Gasteiger charge is 2.56. The summed E-state index contributed by atoms with van der Waals surface area (Å²) in [7, 11) is 0. The average Bonchev–Trinajstić information content (AvgIpc) is 3.11. The molecule has 9 nitrogen and oxygen atoms in total. The van der Waals surface area contributed by atoms with Crippen LogP contribution in [-0.4, -0.2) is 49.8 Å². The molecule has 1 aliphatic heterocycles. The van der Waals surface area contributed by atoms with E-state index in [1.807, 2.05) is 20.8 Å². The summed E-state index contributed by atoms with van der Waals surface area (Å²) in [5.41, 5.74) is 8.42. The fourth-order valence-corrected chi connectivity index (χ4v) is 4.83. The van der Waals surface area contributed by atoms with Crippen LogP contribution in [0, 0.1) is 0 Å². The highest BCUT2D eigenvalue weighted by atomic mass is 16.6. The second kappa shape index (κ2) is 14.7. The van der Waals surface area contributed by atoms with Gasteiger partial charge in [0, 0.05) is 24.7 Å². The predicted molar refractivity (Wildman–Crippen MR) is 154 cm³/mol. The van der Waals surface area contributed by atoms with Gasteiger partial charge in [-0.15, -0.1) is 0 Å². The van der Waals surface area contributed by atoms with Crippen molar-refractivity contribution in [3.63, 3.8) is 0 Å². The number of aromatic nitrogens is 2. The van der Waals surface area contributed by atoms with Crippen molar-refractivity contribution in [2.75, 3.05) is 6.61 Å². The van der Waals surface area contributed by atoms with E-state index in [0.717, 1.165) is 41.4 Å². The molecule has 6 N–H and O–H groups in total. The van der Waals surface area contributed by atoms with Crippen LogP contribution in [0.4, 0.5) is 0 Å². The lowest BCUT2D eigenvalue weighted by atomic mass is 9.89. The zero-order valence-electron chi connectivity index (χ0n) is 24.3. The lowest BCUT2D eigenvalue weighted by molar-refractivity contribution is -0.150. The van der Waals surface area contributed by atoms with E-state index in [1.54, 1.807) is 0 Å². The number of aromatic amines is 1. The molecule has 39 heavy (non-hydrogen) atoms. The molecule has 0 unspecified atom stereocenters. The monoisotopic (exact) mass is 545 g/mol. The molecule has 4 atom stereocenters. The van der Waals surface area contributed by atoms with Gasteiger partial charge in [-0.05, 0) is 73.6 Å². The predicted octanol–water partition coefficient (Wildman–Crippen LogP) is 3.30. The third-order valence-electron chi connectivity index (χ3n) is 7.28. The number of nitrogens with one attached hydrogen (secondary N) is 1. The summed E-state index contributed by atoms with van der Waals surface area (Å²) in [5, 5.41) is 31.9. The number of aliphatic hydroxyl groups excluding tert-OH is 3. The van der Waals surface area contributed by atoms with Gasteiger partial charge >= 0.3 is 5.69 Å². The first kappa shape index (κ1) is 32.7. The Kier molecular flexibility index (Phi) is 12.3. The molecule has 218 valence electrons. The number of ether oxygens (including phenoxy) is 1. The lowest BCUT2D eigenvalue weighted by Gasteiger charge is -2.35. The Morgan fingerprint density at radius 1 is 1.05 bits per heavy atom. The van der Waals surface area contributed by atoms with Crippen molar-refractivity contribution in [3.05, 3.63) is 78.7 Å². The Morgan fingerprint density at radius 2 is 1.67 bits per heavy atom. The second-order valence-corrected chi connectivity index (χ2v) is 11.1. The molecule has 0 aromatic carbocycles. The number of aliphatic hydroxyl groups is 3. The van der Waals surface area contributed by atoms with E-state index in [4.69, 9.17) is 10.5 Å². The van der Waals surface area contributed by atoms with Gasteiger partial charge in [0.2, 0.25) is 0 Å². The molecule has 1 aromatic heterocycles. The summed E-state index contributed by atoms with van der Waals surface area (Å²) in [6.07, 6.45) is 7.74. The summed E-state index contributed by atoms with van der Waals surface area (Å²) in [4.78, 5) is 27.6. The van der Waals surface area contributed by atoms with Gasteiger partial charge in [-0.3, -0.25) is 14.3 Å². The Bertz CT molecular complexity index is 1210. The first-order chi connectivity index (χ1) is 18.4. The molecule has 2 rings (SSSR count). The van der Waals surface area contributed by atoms with Crippen molar-refractivity contribution < 1.29 is 20.1 Å². The molecule has 1 aliphatic rings. The van der Waals surface area contributed by atoms with Gasteiger partial charge in [0.05, 0.1) is 6.61 Å². The highest BCUT2D eigenvalue weighted by molar-refractivity contribution is 5.22. The van der Waals surface area contributed by atoms with E-state index in [9.17, 15) is 24.9 Å². The second-order valence-electron chi connectivity index (χ2n) is 11.1. The minimum Gasteiger partial charge on any atom is -0.394 e. The number of allylic oxidation sites excluding steroid dienone is 7. The van der Waals surface area contributed by atoms with Crippen molar-refractivity contribution in [3.8, 4) is 0 Å². The molecule has 1 fully saturated rings. The van der Waals surface area contributed by atoms with Crippen molar-refractivity contribution in [2.45, 2.75) is 111 Å². The van der Waals surface area contributed by atoms with Crippen LogP contribution in [0.15, 0.2) is 61.9 Å². The smallest absolute Gasteiger partial charge is 0.330 e. The van der Waals surface area contributed by atoms with E-state index in [2.05, 4.69) is 44.0 Å². The van der Waals surface area contributed by atoms with Crippen LogP contribution in [0.3, 0.4) is 0 Å². The largest absolute Gasteiger partial charge is 0.394 e. The third-order valence-corrected chi connectivity index (χ3v) is 7.28. The van der Waals surface area contributed by atoms with Gasteiger partial charge < -0.3 is 25.8 Å². The first-order valence-corrected chi connectivity index (χ1v) is 13.7. The Hall–Kier alpha value is -2.56. The van der Waals surface area contributed by atoms with Crippen LogP contribution >= 0.6 is 0 Å². The van der Waals surface area contributed by atoms with Crippen molar-refractivity contribution in [1.82, 2.24) is 9.55 Å². The molecule has 0 saturated carbocycles. The number of H-pyrrole nitrogens is 1. The fraction of sp³-hybridized carbons (Fsp3) is 0.600. The number of hydrogen-bond donors (Lipinski definition) is 5. The summed E-state index contributed by atoms with van der Waals surface area (Å²) < 4.78 is 7.25. The van der Waals surface area contributed by atoms with Gasteiger partial charge in [-0.2, -0.15) is 0 Å². The zero-order chi connectivity index (χ0) is 29.3. The minimum atomic E-state index is -1.76. The molecule has 9 heteroatoms. The molecule has 2 heterocycles. The molecule has 0 bridgehead atoms. The Morgan fingerprint density at radius 3 is 2.21 bits per heavy atom. The Balaban J connectivity index is 2.62. The number of nitrogens with zero attached hydrogens (tertiary/aromatic N) is 1. The lowest BCUT2D eigenvalue weighted by Crippen LogP contribution is -2.52. The van der Waals surface area contributed by atoms with Crippen LogP contribution in [0.1, 0.15) is 85.6 Å². The number of rotatable bonds is 13. The number of nitrogens with two attached hydrogens (primary N) is 1. The average molecular weight is 546 g/mol. The Labute approximate surface area is 231 Å². The first-order valence-electron chi connectivity index (χ1n) is 13.7. The summed E-state index contributed by atoms with van der Waals surface area (Å²) in [5.74, 6) is 0. The zero-order valence-corrected chi connectivity index (χ0v) is 24.3. The maximum atomic E-state index is 13.1. The molecule has 0 radical (unpaired) electrons. The van der Waals surface area contributed by atoms with Gasteiger partial charge in [0.1, 0.15) is 18.3 Å². The highest BCUT2D eigenvalue weighted by Crippen LogP contribution is 2.41. The molecule has 0 spiro atoms. The van der Waals surface area contributed by atoms with E-state index in [1.165, 1.54) is 22.9 Å². The van der Waals surface area contributed by atoms with E-state index in [-0.39, 0.29) is 18.5 Å². The molecule has 0 amide bonds. The van der Waals surface area contributed by atoms with Gasteiger partial charge in [-0.25, -0.2) is 4.79 Å². The van der Waals surface area contributed by atoms with Crippen LogP contribution in [0.25, 0.3) is 0 Å². The summed E-state index contributed by atoms with van der Waals surface area (Å²) in [6, 6.07) is 0. The van der Waals surface area contributed by atoms with Crippen LogP contribution in [0.5, 0.6) is 0 Å². The fourth-order valence-electron chi connectivity index (χ4n) is 4.83. The molecular weight excluding hydrogens is 498 g/mol. The molecule has 0 aliphatic carbocycles. The maximum absolute atomic E-state index is 13.1. The summed E-state index contributed by atoms with van der Waals surface area (Å²) >= 11 is 0. The van der Waals surface area contributed by atoms with Crippen LogP contribution in [0.2, 0.25) is 0 Å². The molecule has 1 saturated heterocycles. The minimum absolute atomic E-state index is 0.0656. The quantitative estimate of drug-likeness (QED) is 0.239. The molecule has 1 aromatic rings. The topological polar surface area (TPSA) is 151 Å². The van der Waals surface area contributed by atoms with Crippen LogP contribution < -0.4 is 17.0 Å².